The Morgan fingerprint density at radius 3 is 2.43 bits per heavy atom. The Balaban J connectivity index is 0.00000192. The molecule has 1 aromatic carbocycles. The zero-order valence-corrected chi connectivity index (χ0v) is 14.0. The number of fused-ring (bicyclic) bond motifs is 1. The van der Waals surface area contributed by atoms with E-state index in [-0.39, 0.29) is 29.6 Å². The third-order valence-electron chi connectivity index (χ3n) is 4.89. The minimum atomic E-state index is -0.469. The number of nitrogens with one attached hydrogen (secondary N) is 1. The summed E-state index contributed by atoms with van der Waals surface area (Å²) in [6.45, 7) is 5.27. The van der Waals surface area contributed by atoms with Crippen molar-refractivity contribution in [3.8, 4) is 0 Å². The van der Waals surface area contributed by atoms with Crippen molar-refractivity contribution in [3.63, 3.8) is 0 Å². The molecule has 2 aliphatic rings. The van der Waals surface area contributed by atoms with E-state index in [2.05, 4.69) is 5.32 Å². The summed E-state index contributed by atoms with van der Waals surface area (Å²) < 4.78 is 0. The van der Waals surface area contributed by atoms with Crippen LogP contribution in [0.3, 0.4) is 0 Å². The molecule has 1 N–H and O–H groups in total. The third-order valence-corrected chi connectivity index (χ3v) is 4.89. The lowest BCUT2D eigenvalue weighted by atomic mass is 9.92. The Hall–Kier alpha value is -1.66. The highest BCUT2D eigenvalue weighted by molar-refractivity contribution is 5.98. The molecule has 0 aliphatic carbocycles. The van der Waals surface area contributed by atoms with Gasteiger partial charge in [-0.25, -0.2) is 0 Å². The number of hydrogen-bond donors (Lipinski definition) is 1. The quantitative estimate of drug-likeness (QED) is 0.663. The van der Waals surface area contributed by atoms with E-state index >= 15 is 0 Å². The van der Waals surface area contributed by atoms with E-state index in [0.29, 0.717) is 24.9 Å². The summed E-state index contributed by atoms with van der Waals surface area (Å²) in [6.07, 6.45) is 1.95. The Labute approximate surface area is 141 Å². The number of amides is 1. The number of aryl methyl sites for hydroxylation is 1. The van der Waals surface area contributed by atoms with E-state index in [0.717, 1.165) is 31.5 Å². The van der Waals surface area contributed by atoms with E-state index in [4.69, 9.17) is 0 Å². The third kappa shape index (κ3) is 3.64. The molecule has 0 radical (unpaired) electrons. The molecule has 3 rings (SSSR count). The molecule has 6 nitrogen and oxygen atoms in total. The van der Waals surface area contributed by atoms with E-state index in [1.54, 1.807) is 17.0 Å². The van der Waals surface area contributed by atoms with E-state index < -0.39 is 4.92 Å². The van der Waals surface area contributed by atoms with E-state index in [1.165, 1.54) is 6.07 Å². The first-order valence-corrected chi connectivity index (χ1v) is 7.81. The molecule has 126 valence electrons. The fraction of sp³-hybridized carbons (Fsp3) is 0.562. The summed E-state index contributed by atoms with van der Waals surface area (Å²) in [4.78, 5) is 25.3. The molecule has 23 heavy (non-hydrogen) atoms. The zero-order valence-electron chi connectivity index (χ0n) is 13.2. The second kappa shape index (κ2) is 7.27. The van der Waals surface area contributed by atoms with Crippen LogP contribution in [0, 0.1) is 28.9 Å². The standard InChI is InChI=1S/C16H21N3O3.ClH/c1-11-2-3-15(19(21)22)14(8-11)16(20)18-6-4-12-9-17-10-13(12)5-7-18;/h2-3,8,12-13,17H,4-7,9-10H2,1H3;1H/t12-,13+;. The molecule has 0 bridgehead atoms. The normalized spacial score (nSPS) is 23.6. The molecule has 0 spiro atoms. The number of halogens is 1. The van der Waals surface area contributed by atoms with Crippen LogP contribution in [-0.2, 0) is 0 Å². The van der Waals surface area contributed by atoms with Crippen LogP contribution in [0.2, 0.25) is 0 Å². The first-order valence-electron chi connectivity index (χ1n) is 7.81. The average molecular weight is 340 g/mol. The SMILES string of the molecule is Cc1ccc([N+](=O)[O-])c(C(=O)N2CC[C@@H]3CNC[C@@H]3CC2)c1.Cl. The van der Waals surface area contributed by atoms with Crippen LogP contribution in [0.15, 0.2) is 18.2 Å². The van der Waals surface area contributed by atoms with Crippen LogP contribution in [-0.4, -0.2) is 41.9 Å². The van der Waals surface area contributed by atoms with Crippen LogP contribution in [0.25, 0.3) is 0 Å². The predicted octanol–water partition coefficient (Wildman–Crippen LogP) is 2.40. The first kappa shape index (κ1) is 17.7. The summed E-state index contributed by atoms with van der Waals surface area (Å²) in [5, 5.41) is 14.6. The van der Waals surface area contributed by atoms with Gasteiger partial charge in [0.05, 0.1) is 4.92 Å². The predicted molar refractivity (Wildman–Crippen MR) is 90.1 cm³/mol. The highest BCUT2D eigenvalue weighted by atomic mass is 35.5. The van der Waals surface area contributed by atoms with Gasteiger partial charge in [0, 0.05) is 19.2 Å². The fourth-order valence-electron chi connectivity index (χ4n) is 3.57. The molecule has 0 saturated carbocycles. The van der Waals surface area contributed by atoms with Crippen molar-refractivity contribution >= 4 is 24.0 Å². The number of carbonyl (C=O) groups is 1. The molecular weight excluding hydrogens is 318 g/mol. The second-order valence-corrected chi connectivity index (χ2v) is 6.33. The highest BCUT2D eigenvalue weighted by Gasteiger charge is 2.33. The maximum atomic E-state index is 12.8. The Morgan fingerprint density at radius 2 is 1.87 bits per heavy atom. The smallest absolute Gasteiger partial charge is 0.282 e. The molecule has 2 fully saturated rings. The summed E-state index contributed by atoms with van der Waals surface area (Å²) in [6, 6.07) is 4.74. The monoisotopic (exact) mass is 339 g/mol. The van der Waals surface area contributed by atoms with Gasteiger partial charge in [0.15, 0.2) is 0 Å². The lowest BCUT2D eigenvalue weighted by molar-refractivity contribution is -0.385. The lowest BCUT2D eigenvalue weighted by Crippen LogP contribution is -2.33. The van der Waals surface area contributed by atoms with Gasteiger partial charge in [0.2, 0.25) is 0 Å². The number of nitro benzene ring substituents is 1. The van der Waals surface area contributed by atoms with Gasteiger partial charge >= 0.3 is 0 Å². The van der Waals surface area contributed by atoms with Crippen molar-refractivity contribution in [1.29, 1.82) is 0 Å². The molecule has 0 aromatic heterocycles. The summed E-state index contributed by atoms with van der Waals surface area (Å²) in [5.41, 5.74) is 0.988. The molecule has 2 saturated heterocycles. The fourth-order valence-corrected chi connectivity index (χ4v) is 3.57. The number of nitro groups is 1. The van der Waals surface area contributed by atoms with Crippen molar-refractivity contribution in [2.75, 3.05) is 26.2 Å². The van der Waals surface area contributed by atoms with Gasteiger partial charge in [-0.05, 0) is 56.3 Å². The lowest BCUT2D eigenvalue weighted by Gasteiger charge is -2.21. The van der Waals surface area contributed by atoms with Crippen molar-refractivity contribution in [2.45, 2.75) is 19.8 Å². The molecule has 7 heteroatoms. The van der Waals surface area contributed by atoms with Gasteiger partial charge in [-0.1, -0.05) is 6.07 Å². The van der Waals surface area contributed by atoms with Crippen LogP contribution in [0.5, 0.6) is 0 Å². The molecule has 2 aliphatic heterocycles. The van der Waals surface area contributed by atoms with Gasteiger partial charge in [-0.2, -0.15) is 0 Å². The number of benzene rings is 1. The number of rotatable bonds is 2. The van der Waals surface area contributed by atoms with Crippen LogP contribution >= 0.6 is 12.4 Å². The minimum Gasteiger partial charge on any atom is -0.338 e. The van der Waals surface area contributed by atoms with Gasteiger partial charge in [0.25, 0.3) is 11.6 Å². The van der Waals surface area contributed by atoms with Crippen molar-refractivity contribution in [1.82, 2.24) is 10.2 Å². The number of likely N-dealkylation sites (tertiary alicyclic amines) is 1. The average Bonchev–Trinajstić information content (AvgIpc) is 2.85. The van der Waals surface area contributed by atoms with Gasteiger partial charge < -0.3 is 10.2 Å². The van der Waals surface area contributed by atoms with Crippen LogP contribution < -0.4 is 5.32 Å². The molecule has 1 aromatic rings. The van der Waals surface area contributed by atoms with Gasteiger partial charge in [0.1, 0.15) is 5.56 Å². The molecule has 0 unspecified atom stereocenters. The summed E-state index contributed by atoms with van der Waals surface area (Å²) in [5.74, 6) is 1.05. The number of nitrogens with zero attached hydrogens (tertiary/aromatic N) is 2. The van der Waals surface area contributed by atoms with Crippen molar-refractivity contribution < 1.29 is 9.72 Å². The Bertz CT molecular complexity index is 594. The van der Waals surface area contributed by atoms with Gasteiger partial charge in [-0.15, -0.1) is 12.4 Å². The summed E-state index contributed by atoms with van der Waals surface area (Å²) >= 11 is 0. The molecule has 1 amide bonds. The first-order chi connectivity index (χ1) is 10.6. The maximum absolute atomic E-state index is 12.8. The molecule has 2 atom stereocenters. The van der Waals surface area contributed by atoms with E-state index in [9.17, 15) is 14.9 Å². The van der Waals surface area contributed by atoms with Crippen LogP contribution in [0.4, 0.5) is 5.69 Å². The second-order valence-electron chi connectivity index (χ2n) is 6.33. The number of carbonyl (C=O) groups excluding carboxylic acids is 1. The minimum absolute atomic E-state index is 0. The van der Waals surface area contributed by atoms with Crippen LogP contribution in [0.1, 0.15) is 28.8 Å². The Kier molecular flexibility index (Phi) is 5.59. The molecule has 2 heterocycles. The largest absolute Gasteiger partial charge is 0.338 e. The van der Waals surface area contributed by atoms with E-state index in [1.807, 2.05) is 6.92 Å². The Morgan fingerprint density at radius 1 is 1.26 bits per heavy atom. The van der Waals surface area contributed by atoms with Gasteiger partial charge in [-0.3, -0.25) is 14.9 Å². The summed E-state index contributed by atoms with van der Waals surface area (Å²) in [7, 11) is 0. The highest BCUT2D eigenvalue weighted by Crippen LogP contribution is 2.29. The van der Waals surface area contributed by atoms with Crippen molar-refractivity contribution in [3.05, 3.63) is 39.4 Å². The zero-order chi connectivity index (χ0) is 15.7. The molecular formula is C16H22ClN3O3. The van der Waals surface area contributed by atoms with Crippen molar-refractivity contribution in [2.24, 2.45) is 11.8 Å². The maximum Gasteiger partial charge on any atom is 0.282 e. The topological polar surface area (TPSA) is 75.5 Å². The number of hydrogen-bond acceptors (Lipinski definition) is 4.